The quantitative estimate of drug-likeness (QED) is 0.760. The summed E-state index contributed by atoms with van der Waals surface area (Å²) >= 11 is 0. The Labute approximate surface area is 135 Å². The molecule has 0 aliphatic carbocycles. The Morgan fingerprint density at radius 3 is 2.43 bits per heavy atom. The molecule has 122 valence electrons. The van der Waals surface area contributed by atoms with Crippen molar-refractivity contribution in [2.75, 3.05) is 5.32 Å². The molecule has 0 aliphatic rings. The first-order chi connectivity index (χ1) is 11.0. The van der Waals surface area contributed by atoms with Gasteiger partial charge in [0.15, 0.2) is 5.76 Å². The molecule has 0 saturated heterocycles. The van der Waals surface area contributed by atoms with Gasteiger partial charge in [0.25, 0.3) is 5.91 Å². The van der Waals surface area contributed by atoms with Crippen molar-refractivity contribution in [1.82, 2.24) is 5.32 Å². The summed E-state index contributed by atoms with van der Waals surface area (Å²) in [4.78, 5) is 23.7. The number of anilines is 1. The van der Waals surface area contributed by atoms with E-state index in [4.69, 9.17) is 10.2 Å². The SMILES string of the molecule is CC(N)C(C)C(=O)NCc1ccc(NC(=O)c2ccco2)cc1. The van der Waals surface area contributed by atoms with Gasteiger partial charge in [-0.3, -0.25) is 9.59 Å². The molecule has 1 heterocycles. The van der Waals surface area contributed by atoms with E-state index >= 15 is 0 Å². The molecular weight excluding hydrogens is 294 g/mol. The molecule has 4 N–H and O–H groups in total. The summed E-state index contributed by atoms with van der Waals surface area (Å²) in [6, 6.07) is 10.3. The van der Waals surface area contributed by atoms with Crippen molar-refractivity contribution in [3.05, 3.63) is 54.0 Å². The van der Waals surface area contributed by atoms with Crippen LogP contribution in [0.1, 0.15) is 30.0 Å². The number of rotatable bonds is 6. The minimum Gasteiger partial charge on any atom is -0.459 e. The molecule has 6 heteroatoms. The molecule has 0 spiro atoms. The summed E-state index contributed by atoms with van der Waals surface area (Å²) in [6.07, 6.45) is 1.45. The van der Waals surface area contributed by atoms with Gasteiger partial charge in [-0.2, -0.15) is 0 Å². The highest BCUT2D eigenvalue weighted by atomic mass is 16.3. The largest absolute Gasteiger partial charge is 0.459 e. The topological polar surface area (TPSA) is 97.4 Å². The first-order valence-electron chi connectivity index (χ1n) is 7.44. The smallest absolute Gasteiger partial charge is 0.291 e. The molecule has 0 aliphatic heterocycles. The second-order valence-electron chi connectivity index (χ2n) is 5.49. The summed E-state index contributed by atoms with van der Waals surface area (Å²) in [5.74, 6) is -0.356. The second kappa shape index (κ2) is 7.60. The molecule has 0 bridgehead atoms. The number of carbonyl (C=O) groups is 2. The Balaban J connectivity index is 1.87. The molecule has 1 aromatic carbocycles. The van der Waals surface area contributed by atoms with E-state index in [9.17, 15) is 9.59 Å². The van der Waals surface area contributed by atoms with Crippen molar-refractivity contribution in [1.29, 1.82) is 0 Å². The summed E-state index contributed by atoms with van der Waals surface area (Å²) in [7, 11) is 0. The standard InChI is InChI=1S/C17H21N3O3/c1-11(12(2)18)16(21)19-10-13-5-7-14(8-6-13)20-17(22)15-4-3-9-23-15/h3-9,11-12H,10,18H2,1-2H3,(H,19,21)(H,20,22). The summed E-state index contributed by atoms with van der Waals surface area (Å²) in [5.41, 5.74) is 7.30. The van der Waals surface area contributed by atoms with Crippen molar-refractivity contribution in [3.63, 3.8) is 0 Å². The molecule has 0 fully saturated rings. The molecule has 2 rings (SSSR count). The lowest BCUT2D eigenvalue weighted by Crippen LogP contribution is -2.38. The fourth-order valence-corrected chi connectivity index (χ4v) is 1.90. The number of hydrogen-bond donors (Lipinski definition) is 3. The third-order valence-electron chi connectivity index (χ3n) is 3.63. The minimum absolute atomic E-state index is 0.0739. The predicted molar refractivity (Wildman–Crippen MR) is 87.8 cm³/mol. The van der Waals surface area contributed by atoms with E-state index in [1.165, 1.54) is 6.26 Å². The zero-order valence-corrected chi connectivity index (χ0v) is 13.2. The highest BCUT2D eigenvalue weighted by molar-refractivity contribution is 6.02. The van der Waals surface area contributed by atoms with Crippen LogP contribution in [-0.2, 0) is 11.3 Å². The van der Waals surface area contributed by atoms with Crippen molar-refractivity contribution < 1.29 is 14.0 Å². The van der Waals surface area contributed by atoms with Gasteiger partial charge in [-0.25, -0.2) is 0 Å². The maximum absolute atomic E-state index is 11.8. The first kappa shape index (κ1) is 16.8. The first-order valence-corrected chi connectivity index (χ1v) is 7.44. The lowest BCUT2D eigenvalue weighted by Gasteiger charge is -2.15. The third kappa shape index (κ3) is 4.69. The molecule has 2 atom stereocenters. The van der Waals surface area contributed by atoms with Crippen LogP contribution in [0.2, 0.25) is 0 Å². The Morgan fingerprint density at radius 1 is 1.17 bits per heavy atom. The number of furan rings is 1. The average molecular weight is 315 g/mol. The fraction of sp³-hybridized carbons (Fsp3) is 0.294. The van der Waals surface area contributed by atoms with Crippen molar-refractivity contribution in [3.8, 4) is 0 Å². The van der Waals surface area contributed by atoms with Crippen LogP contribution < -0.4 is 16.4 Å². The van der Waals surface area contributed by atoms with Crippen molar-refractivity contribution in [2.24, 2.45) is 11.7 Å². The average Bonchev–Trinajstić information content (AvgIpc) is 3.07. The third-order valence-corrected chi connectivity index (χ3v) is 3.63. The van der Waals surface area contributed by atoms with E-state index in [1.54, 1.807) is 38.1 Å². The fourth-order valence-electron chi connectivity index (χ4n) is 1.90. The maximum atomic E-state index is 11.8. The van der Waals surface area contributed by atoms with Crippen LogP contribution in [0.3, 0.4) is 0 Å². The molecular formula is C17H21N3O3. The van der Waals surface area contributed by atoms with E-state index < -0.39 is 0 Å². The minimum atomic E-state index is -0.304. The van der Waals surface area contributed by atoms with Gasteiger partial charge in [-0.1, -0.05) is 19.1 Å². The van der Waals surface area contributed by atoms with Crippen LogP contribution in [0, 0.1) is 5.92 Å². The Morgan fingerprint density at radius 2 is 1.87 bits per heavy atom. The van der Waals surface area contributed by atoms with Crippen LogP contribution in [0.5, 0.6) is 0 Å². The Kier molecular flexibility index (Phi) is 5.54. The Bertz CT molecular complexity index is 648. The van der Waals surface area contributed by atoms with Crippen LogP contribution in [0.25, 0.3) is 0 Å². The van der Waals surface area contributed by atoms with Gasteiger partial charge in [0.1, 0.15) is 0 Å². The van der Waals surface area contributed by atoms with Crippen LogP contribution in [0.15, 0.2) is 47.1 Å². The lowest BCUT2D eigenvalue weighted by atomic mass is 10.0. The normalized spacial score (nSPS) is 13.2. The van der Waals surface area contributed by atoms with Gasteiger partial charge in [-0.15, -0.1) is 0 Å². The van der Waals surface area contributed by atoms with Crippen LogP contribution in [-0.4, -0.2) is 17.9 Å². The molecule has 2 aromatic rings. The van der Waals surface area contributed by atoms with Gasteiger partial charge in [0.05, 0.1) is 6.26 Å². The number of nitrogens with two attached hydrogens (primary N) is 1. The zero-order chi connectivity index (χ0) is 16.8. The van der Waals surface area contributed by atoms with Gasteiger partial charge < -0.3 is 20.8 Å². The second-order valence-corrected chi connectivity index (χ2v) is 5.49. The highest BCUT2D eigenvalue weighted by Gasteiger charge is 2.16. The van der Waals surface area contributed by atoms with E-state index in [2.05, 4.69) is 10.6 Å². The van der Waals surface area contributed by atoms with Crippen LogP contribution >= 0.6 is 0 Å². The van der Waals surface area contributed by atoms with E-state index in [-0.39, 0.29) is 29.5 Å². The summed E-state index contributed by atoms with van der Waals surface area (Å²) < 4.78 is 5.03. The molecule has 1 aromatic heterocycles. The number of amides is 2. The monoisotopic (exact) mass is 315 g/mol. The molecule has 6 nitrogen and oxygen atoms in total. The van der Waals surface area contributed by atoms with Gasteiger partial charge in [0.2, 0.25) is 5.91 Å². The molecule has 0 radical (unpaired) electrons. The van der Waals surface area contributed by atoms with E-state index in [0.29, 0.717) is 12.2 Å². The number of benzene rings is 1. The summed E-state index contributed by atoms with van der Waals surface area (Å²) in [5, 5.41) is 5.57. The van der Waals surface area contributed by atoms with Gasteiger partial charge >= 0.3 is 0 Å². The van der Waals surface area contributed by atoms with Gasteiger partial charge in [-0.05, 0) is 36.8 Å². The number of carbonyl (C=O) groups excluding carboxylic acids is 2. The van der Waals surface area contributed by atoms with E-state index in [1.807, 2.05) is 12.1 Å². The number of nitrogens with one attached hydrogen (secondary N) is 2. The van der Waals surface area contributed by atoms with Crippen molar-refractivity contribution >= 4 is 17.5 Å². The maximum Gasteiger partial charge on any atom is 0.291 e. The molecule has 0 saturated carbocycles. The number of hydrogen-bond acceptors (Lipinski definition) is 4. The lowest BCUT2D eigenvalue weighted by molar-refractivity contribution is -0.125. The highest BCUT2D eigenvalue weighted by Crippen LogP contribution is 2.12. The Hall–Kier alpha value is -2.60. The van der Waals surface area contributed by atoms with Gasteiger partial charge in [0, 0.05) is 24.2 Å². The predicted octanol–water partition coefficient (Wildman–Crippen LogP) is 2.13. The van der Waals surface area contributed by atoms with E-state index in [0.717, 1.165) is 5.56 Å². The molecule has 2 unspecified atom stereocenters. The van der Waals surface area contributed by atoms with Crippen LogP contribution in [0.4, 0.5) is 5.69 Å². The summed E-state index contributed by atoms with van der Waals surface area (Å²) in [6.45, 7) is 4.02. The molecule has 23 heavy (non-hydrogen) atoms. The molecule has 2 amide bonds. The van der Waals surface area contributed by atoms with Crippen molar-refractivity contribution in [2.45, 2.75) is 26.4 Å². The zero-order valence-electron chi connectivity index (χ0n) is 13.2.